The summed E-state index contributed by atoms with van der Waals surface area (Å²) in [6.07, 6.45) is 9.36. The molecule has 0 radical (unpaired) electrons. The predicted octanol–water partition coefficient (Wildman–Crippen LogP) is 5.99. The molecule has 0 aliphatic heterocycles. The highest BCUT2D eigenvalue weighted by molar-refractivity contribution is 5.73. The van der Waals surface area contributed by atoms with Gasteiger partial charge >= 0.3 is 0 Å². The van der Waals surface area contributed by atoms with Gasteiger partial charge in [0.2, 0.25) is 0 Å². The molecule has 30 heavy (non-hydrogen) atoms. The van der Waals surface area contributed by atoms with E-state index in [0.717, 1.165) is 28.1 Å². The minimum atomic E-state index is 0.230. The summed E-state index contributed by atoms with van der Waals surface area (Å²) in [6.45, 7) is 0.230. The van der Waals surface area contributed by atoms with Crippen molar-refractivity contribution in [2.24, 2.45) is 0 Å². The summed E-state index contributed by atoms with van der Waals surface area (Å²) < 4.78 is 5.57. The lowest BCUT2D eigenvalue weighted by atomic mass is 10.1. The van der Waals surface area contributed by atoms with Crippen LogP contribution in [0.15, 0.2) is 91.0 Å². The number of aromatic nitrogens is 2. The molecule has 1 aromatic heterocycles. The van der Waals surface area contributed by atoms with Gasteiger partial charge in [-0.3, -0.25) is 0 Å². The summed E-state index contributed by atoms with van der Waals surface area (Å²) in [4.78, 5) is 9.57. The predicted molar refractivity (Wildman–Crippen MR) is 123 cm³/mol. The minimum Gasteiger partial charge on any atom is -0.481 e. The maximum Gasteiger partial charge on any atom is 0.160 e. The van der Waals surface area contributed by atoms with Gasteiger partial charge in [0.05, 0.1) is 11.4 Å². The zero-order chi connectivity index (χ0) is 20.6. The van der Waals surface area contributed by atoms with Crippen LogP contribution in [0.1, 0.15) is 11.3 Å². The molecule has 0 amide bonds. The van der Waals surface area contributed by atoms with Crippen molar-refractivity contribution in [2.75, 3.05) is 6.61 Å². The molecule has 0 atom stereocenters. The van der Waals surface area contributed by atoms with E-state index in [2.05, 4.69) is 18.1 Å². The van der Waals surface area contributed by atoms with Gasteiger partial charge in [-0.05, 0) is 29.8 Å². The summed E-state index contributed by atoms with van der Waals surface area (Å²) in [5.41, 5.74) is 4.68. The Balaban J connectivity index is 1.76. The van der Waals surface area contributed by atoms with Crippen molar-refractivity contribution >= 4 is 12.2 Å². The van der Waals surface area contributed by atoms with Crippen LogP contribution in [0.25, 0.3) is 34.8 Å². The van der Waals surface area contributed by atoms with Gasteiger partial charge in [0, 0.05) is 11.1 Å². The van der Waals surface area contributed by atoms with Crippen LogP contribution in [0.4, 0.5) is 0 Å². The van der Waals surface area contributed by atoms with Gasteiger partial charge in [0.25, 0.3) is 0 Å². The van der Waals surface area contributed by atoms with Gasteiger partial charge in [-0.15, -0.1) is 6.42 Å². The average molecular weight is 388 g/mol. The molecule has 4 rings (SSSR count). The van der Waals surface area contributed by atoms with E-state index < -0.39 is 0 Å². The third-order valence-corrected chi connectivity index (χ3v) is 4.48. The lowest BCUT2D eigenvalue weighted by Gasteiger charge is -2.09. The lowest BCUT2D eigenvalue weighted by Crippen LogP contribution is -1.96. The number of rotatable bonds is 6. The fourth-order valence-corrected chi connectivity index (χ4v) is 3.03. The first kappa shape index (κ1) is 19.2. The molecular formula is C27H20N2O. The molecule has 0 fully saturated rings. The van der Waals surface area contributed by atoms with Gasteiger partial charge in [-0.2, -0.15) is 0 Å². The van der Waals surface area contributed by atoms with E-state index in [1.54, 1.807) is 0 Å². The second-order valence-electron chi connectivity index (χ2n) is 6.63. The minimum absolute atomic E-state index is 0.230. The van der Waals surface area contributed by atoms with Crippen LogP contribution >= 0.6 is 0 Å². The SMILES string of the molecule is C#CCOc1cccc(-c2cc(/C=C/c3ccccc3)nc(-c3ccccc3)n2)c1. The van der Waals surface area contributed by atoms with Gasteiger partial charge in [-0.25, -0.2) is 9.97 Å². The van der Waals surface area contributed by atoms with Crippen LogP contribution in [0.3, 0.4) is 0 Å². The zero-order valence-electron chi connectivity index (χ0n) is 16.4. The van der Waals surface area contributed by atoms with Gasteiger partial charge in [0.15, 0.2) is 5.82 Å². The van der Waals surface area contributed by atoms with Crippen molar-refractivity contribution < 1.29 is 4.74 Å². The Labute approximate surface area is 176 Å². The van der Waals surface area contributed by atoms with Crippen molar-refractivity contribution in [3.8, 4) is 40.7 Å². The molecular weight excluding hydrogens is 368 g/mol. The maximum absolute atomic E-state index is 5.57. The van der Waals surface area contributed by atoms with Crippen LogP contribution in [0.5, 0.6) is 5.75 Å². The normalized spacial score (nSPS) is 10.6. The number of benzene rings is 3. The second-order valence-corrected chi connectivity index (χ2v) is 6.63. The molecule has 0 saturated heterocycles. The van der Waals surface area contributed by atoms with Crippen molar-refractivity contribution in [3.63, 3.8) is 0 Å². The molecule has 3 aromatic carbocycles. The van der Waals surface area contributed by atoms with E-state index in [4.69, 9.17) is 21.1 Å². The molecule has 0 aliphatic carbocycles. The van der Waals surface area contributed by atoms with Crippen LogP contribution in [0, 0.1) is 12.3 Å². The van der Waals surface area contributed by atoms with E-state index in [1.165, 1.54) is 0 Å². The summed E-state index contributed by atoms with van der Waals surface area (Å²) in [7, 11) is 0. The molecule has 1 heterocycles. The first-order chi connectivity index (χ1) is 14.8. The van der Waals surface area contributed by atoms with E-state index in [1.807, 2.05) is 91.0 Å². The molecule has 0 bridgehead atoms. The van der Waals surface area contributed by atoms with Crippen LogP contribution in [-0.4, -0.2) is 16.6 Å². The molecule has 3 heteroatoms. The zero-order valence-corrected chi connectivity index (χ0v) is 16.4. The van der Waals surface area contributed by atoms with Gasteiger partial charge < -0.3 is 4.74 Å². The highest BCUT2D eigenvalue weighted by Crippen LogP contribution is 2.26. The first-order valence-corrected chi connectivity index (χ1v) is 9.66. The summed E-state index contributed by atoms with van der Waals surface area (Å²) >= 11 is 0. The van der Waals surface area contributed by atoms with Crippen molar-refractivity contribution in [1.82, 2.24) is 9.97 Å². The summed E-state index contributed by atoms with van der Waals surface area (Å²) in [6, 6.07) is 29.9. The summed E-state index contributed by atoms with van der Waals surface area (Å²) in [5, 5.41) is 0. The van der Waals surface area contributed by atoms with Crippen molar-refractivity contribution in [1.29, 1.82) is 0 Å². The Kier molecular flexibility index (Phi) is 5.98. The molecule has 144 valence electrons. The van der Waals surface area contributed by atoms with E-state index in [-0.39, 0.29) is 6.61 Å². The Morgan fingerprint density at radius 3 is 2.27 bits per heavy atom. The molecule has 4 aromatic rings. The molecule has 3 nitrogen and oxygen atoms in total. The smallest absolute Gasteiger partial charge is 0.160 e. The van der Waals surface area contributed by atoms with E-state index in [9.17, 15) is 0 Å². The summed E-state index contributed by atoms with van der Waals surface area (Å²) in [5.74, 6) is 3.88. The quantitative estimate of drug-likeness (QED) is 0.380. The Morgan fingerprint density at radius 1 is 0.767 bits per heavy atom. The van der Waals surface area contributed by atoms with Crippen LogP contribution < -0.4 is 4.74 Å². The largest absolute Gasteiger partial charge is 0.481 e. The maximum atomic E-state index is 5.57. The number of terminal acetylenes is 1. The van der Waals surface area contributed by atoms with Crippen LogP contribution in [0.2, 0.25) is 0 Å². The number of nitrogens with zero attached hydrogens (tertiary/aromatic N) is 2. The number of ether oxygens (including phenoxy) is 1. The molecule has 0 unspecified atom stereocenters. The Morgan fingerprint density at radius 2 is 1.50 bits per heavy atom. The molecule has 0 aliphatic rings. The van der Waals surface area contributed by atoms with E-state index in [0.29, 0.717) is 11.6 Å². The topological polar surface area (TPSA) is 35.0 Å². The fourth-order valence-electron chi connectivity index (χ4n) is 3.03. The Bertz CT molecular complexity index is 1190. The number of hydrogen-bond acceptors (Lipinski definition) is 3. The number of hydrogen-bond donors (Lipinski definition) is 0. The molecule has 0 N–H and O–H groups in total. The highest BCUT2D eigenvalue weighted by Gasteiger charge is 2.08. The van der Waals surface area contributed by atoms with Gasteiger partial charge in [0.1, 0.15) is 12.4 Å². The monoisotopic (exact) mass is 388 g/mol. The molecule has 0 spiro atoms. The van der Waals surface area contributed by atoms with Crippen LogP contribution in [-0.2, 0) is 0 Å². The average Bonchev–Trinajstić information content (AvgIpc) is 2.82. The molecule has 0 saturated carbocycles. The lowest BCUT2D eigenvalue weighted by molar-refractivity contribution is 0.370. The Hall–Kier alpha value is -4.16. The third-order valence-electron chi connectivity index (χ3n) is 4.48. The van der Waals surface area contributed by atoms with Gasteiger partial charge in [-0.1, -0.05) is 84.8 Å². The third kappa shape index (κ3) is 4.81. The highest BCUT2D eigenvalue weighted by atomic mass is 16.5. The second kappa shape index (κ2) is 9.36. The van der Waals surface area contributed by atoms with Crippen molar-refractivity contribution in [3.05, 3.63) is 102 Å². The van der Waals surface area contributed by atoms with E-state index >= 15 is 0 Å². The standard InChI is InChI=1S/C27H20N2O/c1-2-18-30-25-15-9-14-23(19-25)26-20-24(17-16-21-10-5-3-6-11-21)28-27(29-26)22-12-7-4-8-13-22/h1,3-17,19-20H,18H2/b17-16+. The first-order valence-electron chi connectivity index (χ1n) is 9.66. The van der Waals surface area contributed by atoms with Crippen molar-refractivity contribution in [2.45, 2.75) is 0 Å². The fraction of sp³-hybridized carbons (Fsp3) is 0.0370.